The van der Waals surface area contributed by atoms with Crippen LogP contribution in [0.4, 0.5) is 18.9 Å². The molecule has 0 aliphatic carbocycles. The number of alkyl halides is 3. The van der Waals surface area contributed by atoms with Crippen LogP contribution in [0, 0.1) is 20.8 Å². The highest BCUT2D eigenvalue weighted by molar-refractivity contribution is 7.89. The fraction of sp³-hybridized carbons (Fsp3) is 0.259. The van der Waals surface area contributed by atoms with Gasteiger partial charge >= 0.3 is 12.1 Å². The summed E-state index contributed by atoms with van der Waals surface area (Å²) >= 11 is 1.19. The fourth-order valence-corrected chi connectivity index (χ4v) is 6.35. The molecule has 0 saturated carbocycles. The first-order valence-electron chi connectivity index (χ1n) is 12.3. The number of sulfonamides is 1. The van der Waals surface area contributed by atoms with Crippen molar-refractivity contribution in [1.82, 2.24) is 10.0 Å². The smallest absolute Gasteiger partial charge is 0.449 e. The number of amides is 1. The molecule has 3 aromatic rings. The molecule has 16 heteroatoms. The van der Waals surface area contributed by atoms with Crippen LogP contribution in [0.5, 0.6) is 0 Å². The lowest BCUT2D eigenvalue weighted by molar-refractivity contribution is -0.168. The van der Waals surface area contributed by atoms with E-state index in [1.165, 1.54) is 11.3 Å². The largest absolute Gasteiger partial charge is 0.480 e. The van der Waals surface area contributed by atoms with Gasteiger partial charge in [-0.2, -0.15) is 17.9 Å². The van der Waals surface area contributed by atoms with Gasteiger partial charge < -0.3 is 21.9 Å². The molecule has 43 heavy (non-hydrogen) atoms. The molecule has 1 aromatic heterocycles. The highest BCUT2D eigenvalue weighted by Gasteiger charge is 2.33. The molecule has 11 nitrogen and oxygen atoms in total. The Kier molecular flexibility index (Phi) is 11.6. The summed E-state index contributed by atoms with van der Waals surface area (Å²) in [6.07, 6.45) is -4.64. The Bertz CT molecular complexity index is 1630. The number of rotatable bonds is 9. The van der Waals surface area contributed by atoms with Gasteiger partial charge in [-0.3, -0.25) is 14.4 Å². The average molecular weight is 642 g/mol. The topological polar surface area (TPSA) is 194 Å². The minimum Gasteiger partial charge on any atom is -0.480 e. The molecular formula is C27H30F3N5O6S2. The van der Waals surface area contributed by atoms with Crippen molar-refractivity contribution in [2.75, 3.05) is 6.54 Å². The van der Waals surface area contributed by atoms with E-state index in [0.717, 1.165) is 16.0 Å². The fourth-order valence-electron chi connectivity index (χ4n) is 3.79. The van der Waals surface area contributed by atoms with Crippen molar-refractivity contribution in [3.8, 4) is 10.4 Å². The van der Waals surface area contributed by atoms with Gasteiger partial charge in [0, 0.05) is 18.3 Å². The zero-order valence-corrected chi connectivity index (χ0v) is 25.1. The normalized spacial score (nSPS) is 12.0. The quantitative estimate of drug-likeness (QED) is 0.173. The third kappa shape index (κ3) is 10.2. The van der Waals surface area contributed by atoms with E-state index in [2.05, 4.69) is 15.0 Å². The molecule has 1 atom stereocenters. The Hall–Kier alpha value is -4.28. The van der Waals surface area contributed by atoms with Crippen LogP contribution in [0.3, 0.4) is 0 Å². The van der Waals surface area contributed by atoms with Gasteiger partial charge in [0.1, 0.15) is 6.04 Å². The van der Waals surface area contributed by atoms with Crippen molar-refractivity contribution in [3.05, 3.63) is 70.1 Å². The van der Waals surface area contributed by atoms with E-state index in [1.807, 2.05) is 13.0 Å². The maximum Gasteiger partial charge on any atom is 0.449 e. The Labute approximate surface area is 249 Å². The number of halogens is 3. The van der Waals surface area contributed by atoms with Crippen LogP contribution < -0.4 is 21.5 Å². The first-order chi connectivity index (χ1) is 19.8. The number of Topliss-reactive ketones (excluding diaryl/α,β-unsaturated/α-hetero) is 1. The van der Waals surface area contributed by atoms with E-state index < -0.39 is 46.4 Å². The van der Waals surface area contributed by atoms with E-state index in [4.69, 9.17) is 11.5 Å². The zero-order valence-electron chi connectivity index (χ0n) is 23.4. The van der Waals surface area contributed by atoms with Crippen LogP contribution in [-0.2, 0) is 19.6 Å². The Balaban J connectivity index is 0.000000821. The molecule has 3 rings (SSSR count). The summed E-state index contributed by atoms with van der Waals surface area (Å²) in [6, 6.07) is 12.3. The Morgan fingerprint density at radius 2 is 1.60 bits per heavy atom. The van der Waals surface area contributed by atoms with Crippen LogP contribution in [0.1, 0.15) is 33.3 Å². The van der Waals surface area contributed by atoms with Crippen molar-refractivity contribution in [3.63, 3.8) is 0 Å². The lowest BCUT2D eigenvalue weighted by Gasteiger charge is -2.18. The highest BCUT2D eigenvalue weighted by atomic mass is 32.2. The number of guanidine groups is 1. The van der Waals surface area contributed by atoms with Crippen LogP contribution in [0.25, 0.3) is 10.4 Å². The summed E-state index contributed by atoms with van der Waals surface area (Å²) < 4.78 is 60.6. The van der Waals surface area contributed by atoms with Gasteiger partial charge in [0.25, 0.3) is 5.91 Å². The van der Waals surface area contributed by atoms with Crippen LogP contribution in [0.2, 0.25) is 0 Å². The van der Waals surface area contributed by atoms with Gasteiger partial charge in [-0.1, -0.05) is 29.8 Å². The molecule has 0 fully saturated rings. The number of thiophene rings is 1. The van der Waals surface area contributed by atoms with Crippen molar-refractivity contribution < 1.29 is 41.1 Å². The number of hydrogen-bond acceptors (Lipinski definition) is 7. The first-order valence-corrected chi connectivity index (χ1v) is 14.6. The summed E-state index contributed by atoms with van der Waals surface area (Å²) in [5, 5.41) is 12.1. The molecule has 0 unspecified atom stereocenters. The summed E-state index contributed by atoms with van der Waals surface area (Å²) in [5.74, 6) is -3.77. The van der Waals surface area contributed by atoms with Gasteiger partial charge in [0.05, 0.1) is 15.5 Å². The lowest BCUT2D eigenvalue weighted by Crippen LogP contribution is -2.48. The molecule has 0 aliphatic heterocycles. The predicted octanol–water partition coefficient (Wildman–Crippen LogP) is 3.54. The number of nitrogens with one attached hydrogen (secondary N) is 2. The number of carboxylic acids is 1. The minimum atomic E-state index is -4.64. The predicted molar refractivity (Wildman–Crippen MR) is 157 cm³/mol. The van der Waals surface area contributed by atoms with E-state index in [0.29, 0.717) is 28.6 Å². The minimum absolute atomic E-state index is 0.0246. The molecular weight excluding hydrogens is 611 g/mol. The van der Waals surface area contributed by atoms with Gasteiger partial charge in [-0.05, 0) is 61.7 Å². The van der Waals surface area contributed by atoms with E-state index in [-0.39, 0.29) is 10.9 Å². The number of nitrogens with two attached hydrogens (primary N) is 2. The number of carbonyl (C=O) groups excluding carboxylic acids is 2. The molecule has 1 heterocycles. The number of carbonyl (C=O) groups is 3. The standard InChI is InChI=1S/C24H27N5O5S2.C3H3F3O/c1-13-9-14(2)21(15(3)10-13)36(33,34)29-18(23(31)32)12-27-22(30)20-8-7-19(35-20)16-5-4-6-17(11-16)28-24(25)26;1-2(7)3(4,5)6/h4-11,18,29H,12H2,1-3H3,(H,27,30)(H,31,32)(H4,25,26,28);1H3/t18-;/m0./s1. The van der Waals surface area contributed by atoms with Gasteiger partial charge in [0.2, 0.25) is 15.8 Å². The van der Waals surface area contributed by atoms with Crippen molar-refractivity contribution in [2.45, 2.75) is 44.8 Å². The van der Waals surface area contributed by atoms with E-state index >= 15 is 0 Å². The number of ketones is 1. The molecule has 0 aliphatic rings. The van der Waals surface area contributed by atoms with Crippen molar-refractivity contribution in [1.29, 1.82) is 0 Å². The maximum absolute atomic E-state index is 13.0. The van der Waals surface area contributed by atoms with E-state index in [1.54, 1.807) is 56.3 Å². The molecule has 0 saturated heterocycles. The van der Waals surface area contributed by atoms with Gasteiger partial charge in [-0.25, -0.2) is 13.4 Å². The number of carboxylic acid groups (broad SMARTS) is 1. The summed E-state index contributed by atoms with van der Waals surface area (Å²) in [5.41, 5.74) is 14.1. The molecule has 0 spiro atoms. The molecule has 7 N–H and O–H groups in total. The molecule has 2 aromatic carbocycles. The third-order valence-electron chi connectivity index (χ3n) is 5.55. The number of benzene rings is 2. The zero-order chi connectivity index (χ0) is 32.7. The summed E-state index contributed by atoms with van der Waals surface area (Å²) in [7, 11) is -4.15. The first kappa shape index (κ1) is 34.9. The molecule has 1 amide bonds. The number of aliphatic imine (C=N–C) groups is 1. The van der Waals surface area contributed by atoms with Crippen LogP contribution in [-0.4, -0.2) is 55.9 Å². The van der Waals surface area contributed by atoms with Crippen LogP contribution in [0.15, 0.2) is 58.4 Å². The second-order valence-electron chi connectivity index (χ2n) is 9.25. The SMILES string of the molecule is CC(=O)C(F)(F)F.Cc1cc(C)c(S(=O)(=O)N[C@@H](CNC(=O)c2ccc(-c3cccc(N=C(N)N)c3)s2)C(=O)O)c(C)c1. The number of hydrogen-bond donors (Lipinski definition) is 5. The van der Waals surface area contributed by atoms with Crippen LogP contribution >= 0.6 is 11.3 Å². The monoisotopic (exact) mass is 641 g/mol. The Morgan fingerprint density at radius 1 is 1.02 bits per heavy atom. The summed E-state index contributed by atoms with van der Waals surface area (Å²) in [6.45, 7) is 5.18. The lowest BCUT2D eigenvalue weighted by atomic mass is 10.1. The number of aliphatic carboxylic acids is 1. The second kappa shape index (κ2) is 14.3. The molecule has 232 valence electrons. The van der Waals surface area contributed by atoms with Gasteiger partial charge in [0.15, 0.2) is 5.96 Å². The highest BCUT2D eigenvalue weighted by Crippen LogP contribution is 2.30. The molecule has 0 bridgehead atoms. The van der Waals surface area contributed by atoms with E-state index in [9.17, 15) is 41.1 Å². The third-order valence-corrected chi connectivity index (χ3v) is 8.46. The van der Waals surface area contributed by atoms with Crippen molar-refractivity contribution >= 4 is 50.7 Å². The summed E-state index contributed by atoms with van der Waals surface area (Å²) in [4.78, 5) is 38.9. The number of aryl methyl sites for hydroxylation is 3. The maximum atomic E-state index is 13.0. The second-order valence-corrected chi connectivity index (χ2v) is 12.0. The molecule has 0 radical (unpaired) electrons. The Morgan fingerprint density at radius 3 is 2.12 bits per heavy atom. The number of nitrogens with zero attached hydrogens (tertiary/aromatic N) is 1. The van der Waals surface area contributed by atoms with Crippen molar-refractivity contribution in [2.24, 2.45) is 16.5 Å². The van der Waals surface area contributed by atoms with Gasteiger partial charge in [-0.15, -0.1) is 11.3 Å². The average Bonchev–Trinajstić information content (AvgIpc) is 3.35.